The van der Waals surface area contributed by atoms with Crippen LogP contribution in [0.25, 0.3) is 0 Å². The third-order valence-corrected chi connectivity index (χ3v) is 9.65. The molecule has 0 amide bonds. The molecule has 0 atom stereocenters. The molecule has 3 aliphatic heterocycles. The Morgan fingerprint density at radius 2 is 1.17 bits per heavy atom. The Labute approximate surface area is 159 Å². The van der Waals surface area contributed by atoms with Crippen molar-refractivity contribution < 1.29 is 0 Å². The summed E-state index contributed by atoms with van der Waals surface area (Å²) in [5.41, 5.74) is 0. The van der Waals surface area contributed by atoms with Crippen molar-refractivity contribution in [3.05, 3.63) is 0 Å². The molecule has 0 N–H and O–H groups in total. The number of rotatable bonds is 3. The highest BCUT2D eigenvalue weighted by atomic mass is 35.6. The van der Waals surface area contributed by atoms with Gasteiger partial charge in [-0.3, -0.25) is 0 Å². The SMILES string of the molecule is S=P(/N=C(/N1CCCC1)C(Cl)(Cl)Cl)(N1CCCC1)N1CCCC1. The molecule has 0 bridgehead atoms. The fourth-order valence-electron chi connectivity index (χ4n) is 3.58. The van der Waals surface area contributed by atoms with Crippen LogP contribution in [0.3, 0.4) is 0 Å². The minimum absolute atomic E-state index is 0.571. The van der Waals surface area contributed by atoms with Crippen LogP contribution in [0.4, 0.5) is 0 Å². The van der Waals surface area contributed by atoms with Gasteiger partial charge in [0.25, 0.3) is 0 Å². The lowest BCUT2D eigenvalue weighted by Crippen LogP contribution is -2.39. The Morgan fingerprint density at radius 1 is 0.783 bits per heavy atom. The molecule has 0 radical (unpaired) electrons. The molecule has 0 aromatic rings. The molecule has 0 spiro atoms. The lowest BCUT2D eigenvalue weighted by Gasteiger charge is -2.37. The van der Waals surface area contributed by atoms with E-state index in [1.807, 2.05) is 0 Å². The summed E-state index contributed by atoms with van der Waals surface area (Å²) < 4.78 is 8.32. The molecule has 4 nitrogen and oxygen atoms in total. The standard InChI is InChI=1S/C14H24Cl3N4PS/c15-14(16,17)13(19-7-1-2-8-19)18-22(23,20-9-3-4-10-20)21-11-5-6-12-21/h1-12H2/b18-13+. The first kappa shape index (κ1) is 18.7. The molecule has 0 saturated carbocycles. The maximum Gasteiger partial charge on any atom is 0.247 e. The van der Waals surface area contributed by atoms with Crippen molar-refractivity contribution in [1.29, 1.82) is 0 Å². The predicted octanol–water partition coefficient (Wildman–Crippen LogP) is 4.27. The van der Waals surface area contributed by atoms with Crippen molar-refractivity contribution in [2.45, 2.75) is 42.3 Å². The minimum Gasteiger partial charge on any atom is -0.356 e. The van der Waals surface area contributed by atoms with Crippen LogP contribution >= 0.6 is 41.3 Å². The summed E-state index contributed by atoms with van der Waals surface area (Å²) in [5.74, 6) is 0.571. The van der Waals surface area contributed by atoms with Crippen molar-refractivity contribution in [1.82, 2.24) is 14.2 Å². The largest absolute Gasteiger partial charge is 0.356 e. The minimum atomic E-state index is -2.23. The van der Waals surface area contributed by atoms with Crippen molar-refractivity contribution in [3.63, 3.8) is 0 Å². The number of hydrogen-bond acceptors (Lipinski definition) is 1. The summed E-state index contributed by atoms with van der Waals surface area (Å²) in [6, 6.07) is 0. The van der Waals surface area contributed by atoms with Gasteiger partial charge in [0.2, 0.25) is 3.79 Å². The molecule has 0 aromatic heterocycles. The van der Waals surface area contributed by atoms with E-state index in [4.69, 9.17) is 51.4 Å². The number of alkyl halides is 3. The average molecular weight is 418 g/mol. The highest BCUT2D eigenvalue weighted by Crippen LogP contribution is 2.59. The van der Waals surface area contributed by atoms with Crippen LogP contribution in [0.15, 0.2) is 4.76 Å². The molecule has 3 heterocycles. The summed E-state index contributed by atoms with van der Waals surface area (Å²) >= 11 is 25.0. The van der Waals surface area contributed by atoms with Crippen molar-refractivity contribution in [3.8, 4) is 0 Å². The Kier molecular flexibility index (Phi) is 6.22. The molecule has 0 aliphatic carbocycles. The number of nitrogens with zero attached hydrogens (tertiary/aromatic N) is 4. The molecule has 3 aliphatic rings. The van der Waals surface area contributed by atoms with Gasteiger partial charge in [-0.2, -0.15) is 0 Å². The van der Waals surface area contributed by atoms with Gasteiger partial charge in [0.15, 0.2) is 12.3 Å². The molecule has 132 valence electrons. The van der Waals surface area contributed by atoms with E-state index in [2.05, 4.69) is 14.2 Å². The monoisotopic (exact) mass is 416 g/mol. The topological polar surface area (TPSA) is 22.1 Å². The molecule has 0 unspecified atom stereocenters. The average Bonchev–Trinajstić information content (AvgIpc) is 3.27. The van der Waals surface area contributed by atoms with E-state index >= 15 is 0 Å². The summed E-state index contributed by atoms with van der Waals surface area (Å²) in [6.45, 7) is 3.66. The Balaban J connectivity index is 1.97. The Bertz CT molecular complexity index is 473. The lowest BCUT2D eigenvalue weighted by atomic mass is 10.4. The third-order valence-electron chi connectivity index (χ3n) is 4.79. The van der Waals surface area contributed by atoms with Gasteiger partial charge >= 0.3 is 0 Å². The lowest BCUT2D eigenvalue weighted by molar-refractivity contribution is 0.468. The molecule has 0 aromatic carbocycles. The first-order valence-corrected chi connectivity index (χ1v) is 12.2. The maximum absolute atomic E-state index is 6.29. The number of hydrogen-bond donors (Lipinski definition) is 0. The fraction of sp³-hybridized carbons (Fsp3) is 0.929. The molecule has 3 fully saturated rings. The van der Waals surface area contributed by atoms with E-state index in [0.717, 1.165) is 52.1 Å². The second-order valence-corrected chi connectivity index (χ2v) is 12.6. The third kappa shape index (κ3) is 4.19. The van der Waals surface area contributed by atoms with Crippen molar-refractivity contribution in [2.24, 2.45) is 4.76 Å². The van der Waals surface area contributed by atoms with Crippen LogP contribution in [-0.4, -0.2) is 63.1 Å². The predicted molar refractivity (Wildman–Crippen MR) is 104 cm³/mol. The van der Waals surface area contributed by atoms with E-state index < -0.39 is 10.3 Å². The number of likely N-dealkylation sites (tertiary alicyclic amines) is 1. The van der Waals surface area contributed by atoms with Gasteiger partial charge in [-0.05, 0) is 50.3 Å². The van der Waals surface area contributed by atoms with Gasteiger partial charge in [-0.25, -0.2) is 14.1 Å². The van der Waals surface area contributed by atoms with Crippen LogP contribution in [0, 0.1) is 0 Å². The second kappa shape index (κ2) is 7.65. The molecule has 3 saturated heterocycles. The first-order chi connectivity index (χ1) is 10.9. The molecule has 23 heavy (non-hydrogen) atoms. The number of amidine groups is 1. The van der Waals surface area contributed by atoms with Gasteiger partial charge in [-0.1, -0.05) is 34.8 Å². The van der Waals surface area contributed by atoms with E-state index in [-0.39, 0.29) is 0 Å². The van der Waals surface area contributed by atoms with Crippen LogP contribution < -0.4 is 0 Å². The normalized spacial score (nSPS) is 25.7. The van der Waals surface area contributed by atoms with Gasteiger partial charge in [0.1, 0.15) is 0 Å². The Morgan fingerprint density at radius 3 is 1.57 bits per heavy atom. The smallest absolute Gasteiger partial charge is 0.247 e. The van der Waals surface area contributed by atoms with E-state index in [1.165, 1.54) is 25.7 Å². The highest BCUT2D eigenvalue weighted by molar-refractivity contribution is 8.11. The maximum atomic E-state index is 6.29. The quantitative estimate of drug-likeness (QED) is 0.296. The summed E-state index contributed by atoms with van der Waals surface area (Å²) in [4.78, 5) is 2.13. The zero-order chi connectivity index (χ0) is 16.5. The van der Waals surface area contributed by atoms with Crippen molar-refractivity contribution >= 4 is 58.9 Å². The van der Waals surface area contributed by atoms with Crippen LogP contribution in [0.1, 0.15) is 38.5 Å². The summed E-state index contributed by atoms with van der Waals surface area (Å²) in [5, 5.41) is 0. The highest BCUT2D eigenvalue weighted by Gasteiger charge is 2.41. The van der Waals surface area contributed by atoms with E-state index in [1.54, 1.807) is 0 Å². The summed E-state index contributed by atoms with van der Waals surface area (Å²) in [6.07, 6.45) is 7.00. The van der Waals surface area contributed by atoms with Crippen molar-refractivity contribution in [2.75, 3.05) is 39.3 Å². The van der Waals surface area contributed by atoms with Gasteiger partial charge in [-0.15, -0.1) is 0 Å². The second-order valence-electron chi connectivity index (χ2n) is 6.45. The van der Waals surface area contributed by atoms with E-state index in [0.29, 0.717) is 5.84 Å². The number of halogens is 3. The Hall–Kier alpha value is 0.910. The summed E-state index contributed by atoms with van der Waals surface area (Å²) in [7, 11) is 0. The first-order valence-electron chi connectivity index (χ1n) is 8.44. The van der Waals surface area contributed by atoms with Gasteiger partial charge < -0.3 is 4.90 Å². The van der Waals surface area contributed by atoms with Crippen LogP contribution in [-0.2, 0) is 11.8 Å². The zero-order valence-electron chi connectivity index (χ0n) is 13.3. The molecular weight excluding hydrogens is 394 g/mol. The van der Waals surface area contributed by atoms with Crippen LogP contribution in [0.5, 0.6) is 0 Å². The molecule has 3 rings (SSSR count). The fourth-order valence-corrected chi connectivity index (χ4v) is 8.19. The molecular formula is C14H24Cl3N4PS. The van der Waals surface area contributed by atoms with Crippen LogP contribution in [0.2, 0.25) is 0 Å². The van der Waals surface area contributed by atoms with Gasteiger partial charge in [0.05, 0.1) is 0 Å². The van der Waals surface area contributed by atoms with Gasteiger partial charge in [0, 0.05) is 39.3 Å². The molecule has 9 heteroatoms. The van der Waals surface area contributed by atoms with E-state index in [9.17, 15) is 0 Å². The zero-order valence-corrected chi connectivity index (χ0v) is 17.2.